The molecule has 35 heavy (non-hydrogen) atoms. The summed E-state index contributed by atoms with van der Waals surface area (Å²) in [4.78, 5) is 37.6. The summed E-state index contributed by atoms with van der Waals surface area (Å²) < 4.78 is 13.0. The maximum absolute atomic E-state index is 12.6. The molecule has 2 amide bonds. The molecule has 10 heteroatoms. The van der Waals surface area contributed by atoms with Gasteiger partial charge in [0, 0.05) is 28.2 Å². The second kappa shape index (κ2) is 10.6. The Morgan fingerprint density at radius 3 is 2.60 bits per heavy atom. The van der Waals surface area contributed by atoms with Gasteiger partial charge >= 0.3 is 5.97 Å². The third-order valence-corrected chi connectivity index (χ3v) is 7.19. The molecule has 1 aliphatic rings. The van der Waals surface area contributed by atoms with Gasteiger partial charge in [-0.2, -0.15) is 0 Å². The van der Waals surface area contributed by atoms with Crippen molar-refractivity contribution in [2.24, 2.45) is 0 Å². The molecule has 1 unspecified atom stereocenters. The molecule has 184 valence electrons. The fraction of sp³-hybridized carbons (Fsp3) is 0.320. The Hall–Kier alpha value is -3.17. The van der Waals surface area contributed by atoms with Crippen LogP contribution in [0.1, 0.15) is 40.8 Å². The minimum Gasteiger partial charge on any atom is -0.484 e. The molecule has 1 aliphatic heterocycles. The van der Waals surface area contributed by atoms with Crippen LogP contribution in [0.2, 0.25) is 5.02 Å². The maximum atomic E-state index is 12.6. The predicted octanol–water partition coefficient (Wildman–Crippen LogP) is 4.48. The van der Waals surface area contributed by atoms with Crippen molar-refractivity contribution in [2.45, 2.75) is 32.7 Å². The summed E-state index contributed by atoms with van der Waals surface area (Å²) in [6, 6.07) is 12.5. The van der Waals surface area contributed by atoms with Gasteiger partial charge in [0.15, 0.2) is 6.61 Å². The minimum atomic E-state index is -0.465. The Balaban J connectivity index is 1.48. The number of esters is 1. The highest BCUT2D eigenvalue weighted by atomic mass is 35.5. The molecule has 1 aromatic heterocycles. The fourth-order valence-corrected chi connectivity index (χ4v) is 5.39. The molecule has 4 rings (SSSR count). The number of hydrazine groups is 1. The van der Waals surface area contributed by atoms with E-state index in [1.165, 1.54) is 16.8 Å². The van der Waals surface area contributed by atoms with Crippen LogP contribution in [0.4, 0.5) is 0 Å². The van der Waals surface area contributed by atoms with Gasteiger partial charge in [0.05, 0.1) is 17.9 Å². The monoisotopic (exact) mass is 515 g/mol. The van der Waals surface area contributed by atoms with Gasteiger partial charge in [-0.05, 0) is 56.7 Å². The van der Waals surface area contributed by atoms with Crippen LogP contribution in [0, 0.1) is 6.92 Å². The molecule has 1 saturated heterocycles. The van der Waals surface area contributed by atoms with Gasteiger partial charge in [-0.15, -0.1) is 11.8 Å². The van der Waals surface area contributed by atoms with E-state index in [9.17, 15) is 14.4 Å². The summed E-state index contributed by atoms with van der Waals surface area (Å²) in [5.41, 5.74) is 5.70. The molecular weight excluding hydrogens is 490 g/mol. The lowest BCUT2D eigenvalue weighted by Crippen LogP contribution is -2.46. The average molecular weight is 516 g/mol. The summed E-state index contributed by atoms with van der Waals surface area (Å²) >= 11 is 7.38. The van der Waals surface area contributed by atoms with Gasteiger partial charge in [0.25, 0.3) is 11.8 Å². The van der Waals surface area contributed by atoms with E-state index in [-0.39, 0.29) is 30.2 Å². The Morgan fingerprint density at radius 1 is 1.17 bits per heavy atom. The SMILES string of the molecule is CCOC(=O)c1c(C)n(CC)c2ccc(OCC(=O)NN3C(=O)CSC3c3ccc(Cl)cc3)cc12. The number of carbonyl (C=O) groups is 3. The van der Waals surface area contributed by atoms with Gasteiger partial charge in [0.2, 0.25) is 0 Å². The van der Waals surface area contributed by atoms with Crippen LogP contribution >= 0.6 is 23.4 Å². The summed E-state index contributed by atoms with van der Waals surface area (Å²) in [7, 11) is 0. The number of thioether (sulfide) groups is 1. The molecule has 0 radical (unpaired) electrons. The third-order valence-electron chi connectivity index (χ3n) is 5.73. The number of rotatable bonds is 8. The molecule has 1 N–H and O–H groups in total. The first-order chi connectivity index (χ1) is 16.8. The highest BCUT2D eigenvalue weighted by Crippen LogP contribution is 2.37. The molecular formula is C25H26ClN3O5S. The minimum absolute atomic E-state index is 0.194. The summed E-state index contributed by atoms with van der Waals surface area (Å²) in [6.45, 7) is 6.33. The molecule has 3 aromatic rings. The van der Waals surface area contributed by atoms with Crippen molar-refractivity contribution in [3.05, 3.63) is 64.3 Å². The smallest absolute Gasteiger partial charge is 0.340 e. The predicted molar refractivity (Wildman–Crippen MR) is 135 cm³/mol. The number of aromatic nitrogens is 1. The summed E-state index contributed by atoms with van der Waals surface area (Å²) in [5, 5.41) is 2.28. The van der Waals surface area contributed by atoms with E-state index in [0.717, 1.165) is 16.8 Å². The summed E-state index contributed by atoms with van der Waals surface area (Å²) in [6.07, 6.45) is 0. The van der Waals surface area contributed by atoms with Crippen molar-refractivity contribution >= 4 is 52.0 Å². The molecule has 0 spiro atoms. The van der Waals surface area contributed by atoms with E-state index < -0.39 is 11.9 Å². The van der Waals surface area contributed by atoms with Crippen LogP contribution in [0.5, 0.6) is 5.75 Å². The van der Waals surface area contributed by atoms with E-state index in [1.54, 1.807) is 31.2 Å². The molecule has 1 fully saturated rings. The van der Waals surface area contributed by atoms with Gasteiger partial charge in [-0.3, -0.25) is 15.0 Å². The number of hydrogen-bond donors (Lipinski definition) is 1. The van der Waals surface area contributed by atoms with Crippen LogP contribution < -0.4 is 10.2 Å². The zero-order valence-corrected chi connectivity index (χ0v) is 21.2. The average Bonchev–Trinajstić information content (AvgIpc) is 3.34. The Bertz CT molecular complexity index is 1270. The van der Waals surface area contributed by atoms with Crippen LogP contribution in [0.25, 0.3) is 10.9 Å². The zero-order chi connectivity index (χ0) is 25.1. The second-order valence-electron chi connectivity index (χ2n) is 7.91. The Labute approximate surface area is 212 Å². The van der Waals surface area contributed by atoms with Crippen molar-refractivity contribution in [3.63, 3.8) is 0 Å². The standard InChI is InChI=1S/C25H26ClN3O5S/c1-4-28-15(3)23(25(32)33-5-2)19-12-18(10-11-20(19)28)34-13-21(30)27-29-22(31)14-35-24(29)16-6-8-17(26)9-7-16/h6-12,24H,4-5,13-14H2,1-3H3,(H,27,30). The van der Waals surface area contributed by atoms with E-state index in [0.29, 0.717) is 28.3 Å². The zero-order valence-electron chi connectivity index (χ0n) is 19.7. The number of amides is 2. The summed E-state index contributed by atoms with van der Waals surface area (Å²) in [5.74, 6) is -0.360. The lowest BCUT2D eigenvalue weighted by Gasteiger charge is -2.24. The number of ether oxygens (including phenoxy) is 2. The highest BCUT2D eigenvalue weighted by molar-refractivity contribution is 8.00. The number of fused-ring (bicyclic) bond motifs is 1. The van der Waals surface area contributed by atoms with Gasteiger partial charge in [0.1, 0.15) is 11.1 Å². The molecule has 1 atom stereocenters. The molecule has 8 nitrogen and oxygen atoms in total. The number of carbonyl (C=O) groups excluding carboxylic acids is 3. The van der Waals surface area contributed by atoms with Crippen LogP contribution in [-0.4, -0.2) is 46.3 Å². The van der Waals surface area contributed by atoms with Crippen LogP contribution in [0.3, 0.4) is 0 Å². The van der Waals surface area contributed by atoms with Crippen molar-refractivity contribution in [1.29, 1.82) is 0 Å². The molecule has 2 aromatic carbocycles. The van der Waals surface area contributed by atoms with Crippen molar-refractivity contribution in [3.8, 4) is 5.75 Å². The molecule has 0 aliphatic carbocycles. The van der Waals surface area contributed by atoms with Crippen LogP contribution in [0.15, 0.2) is 42.5 Å². The normalized spacial score (nSPS) is 15.5. The van der Waals surface area contributed by atoms with Gasteiger partial charge in [-0.25, -0.2) is 9.80 Å². The van der Waals surface area contributed by atoms with E-state index >= 15 is 0 Å². The van der Waals surface area contributed by atoms with Gasteiger partial charge in [-0.1, -0.05) is 23.7 Å². The van der Waals surface area contributed by atoms with E-state index in [2.05, 4.69) is 5.43 Å². The Kier molecular flexibility index (Phi) is 7.57. The van der Waals surface area contributed by atoms with Crippen molar-refractivity contribution in [1.82, 2.24) is 15.0 Å². The lowest BCUT2D eigenvalue weighted by atomic mass is 10.1. The first kappa shape index (κ1) is 24.9. The van der Waals surface area contributed by atoms with Crippen molar-refractivity contribution < 1.29 is 23.9 Å². The quantitative estimate of drug-likeness (QED) is 0.445. The number of halogens is 1. The van der Waals surface area contributed by atoms with E-state index in [4.69, 9.17) is 21.1 Å². The third kappa shape index (κ3) is 5.11. The Morgan fingerprint density at radius 2 is 1.91 bits per heavy atom. The number of nitrogens with zero attached hydrogens (tertiary/aromatic N) is 2. The van der Waals surface area contributed by atoms with E-state index in [1.807, 2.05) is 36.6 Å². The number of hydrogen-bond acceptors (Lipinski definition) is 6. The van der Waals surface area contributed by atoms with Crippen LogP contribution in [-0.2, 0) is 20.9 Å². The first-order valence-electron chi connectivity index (χ1n) is 11.2. The molecule has 0 bridgehead atoms. The largest absolute Gasteiger partial charge is 0.484 e. The van der Waals surface area contributed by atoms with Crippen molar-refractivity contribution in [2.75, 3.05) is 19.0 Å². The van der Waals surface area contributed by atoms with Gasteiger partial charge < -0.3 is 14.0 Å². The fourth-order valence-electron chi connectivity index (χ4n) is 4.15. The maximum Gasteiger partial charge on any atom is 0.340 e. The highest BCUT2D eigenvalue weighted by Gasteiger charge is 2.34. The molecule has 0 saturated carbocycles. The number of benzene rings is 2. The lowest BCUT2D eigenvalue weighted by molar-refractivity contribution is -0.140. The second-order valence-corrected chi connectivity index (χ2v) is 9.41. The number of aryl methyl sites for hydroxylation is 1. The molecule has 2 heterocycles. The number of nitrogens with one attached hydrogen (secondary N) is 1. The topological polar surface area (TPSA) is 89.9 Å². The first-order valence-corrected chi connectivity index (χ1v) is 12.7.